The topological polar surface area (TPSA) is 20.3 Å². The number of likely N-dealkylation sites (tertiary alicyclic amines) is 1. The molecule has 2 heteroatoms. The fourth-order valence-corrected chi connectivity index (χ4v) is 4.61. The third-order valence-corrected chi connectivity index (χ3v) is 5.96. The maximum absolute atomic E-state index is 11.8. The molecule has 2 rings (SSSR count). The molecule has 0 spiro atoms. The molecular formula is C19H35NO. The van der Waals surface area contributed by atoms with E-state index >= 15 is 0 Å². The molecule has 2 nitrogen and oxygen atoms in total. The molecule has 2 aliphatic rings. The average molecular weight is 293 g/mol. The second-order valence-electron chi connectivity index (χ2n) is 8.95. The van der Waals surface area contributed by atoms with Crippen LogP contribution in [0.1, 0.15) is 72.6 Å². The van der Waals surface area contributed by atoms with E-state index in [0.717, 1.165) is 31.2 Å². The van der Waals surface area contributed by atoms with Crippen LogP contribution in [0, 0.1) is 22.7 Å². The number of hydrogen-bond acceptors (Lipinski definition) is 2. The van der Waals surface area contributed by atoms with Gasteiger partial charge in [-0.25, -0.2) is 0 Å². The first-order valence-corrected chi connectivity index (χ1v) is 9.03. The number of carbonyl (C=O) groups is 1. The first kappa shape index (κ1) is 17.0. The standard InChI is InChI=1S/C19H35NO/c1-16-7-5-10-19(13-16,15-21)14-20-11-6-8-17(9-12-20)18(2,3)4/h15-17H,5-14H2,1-4H3. The molecule has 3 unspecified atom stereocenters. The fourth-order valence-electron chi connectivity index (χ4n) is 4.61. The van der Waals surface area contributed by atoms with Gasteiger partial charge in [0.05, 0.1) is 0 Å². The van der Waals surface area contributed by atoms with Gasteiger partial charge in [-0.15, -0.1) is 0 Å². The van der Waals surface area contributed by atoms with Crippen LogP contribution in [0.4, 0.5) is 0 Å². The highest BCUT2D eigenvalue weighted by atomic mass is 16.1. The van der Waals surface area contributed by atoms with Crippen LogP contribution in [0.25, 0.3) is 0 Å². The van der Waals surface area contributed by atoms with Crippen molar-refractivity contribution in [2.75, 3.05) is 19.6 Å². The molecular weight excluding hydrogens is 258 g/mol. The molecule has 0 aromatic rings. The highest BCUT2D eigenvalue weighted by Gasteiger charge is 2.37. The van der Waals surface area contributed by atoms with Gasteiger partial charge in [0, 0.05) is 12.0 Å². The summed E-state index contributed by atoms with van der Waals surface area (Å²) in [5.41, 5.74) is 0.386. The molecule has 1 aliphatic heterocycles. The molecule has 122 valence electrons. The highest BCUT2D eigenvalue weighted by molar-refractivity contribution is 5.60. The molecule has 3 atom stereocenters. The van der Waals surface area contributed by atoms with Crippen molar-refractivity contribution in [1.29, 1.82) is 0 Å². The lowest BCUT2D eigenvalue weighted by Gasteiger charge is -2.39. The molecule has 1 aliphatic carbocycles. The van der Waals surface area contributed by atoms with E-state index in [1.165, 1.54) is 51.5 Å². The van der Waals surface area contributed by atoms with Gasteiger partial charge >= 0.3 is 0 Å². The zero-order valence-corrected chi connectivity index (χ0v) is 14.7. The lowest BCUT2D eigenvalue weighted by atomic mass is 9.70. The average Bonchev–Trinajstić information content (AvgIpc) is 2.64. The Morgan fingerprint density at radius 1 is 1.14 bits per heavy atom. The highest BCUT2D eigenvalue weighted by Crippen LogP contribution is 2.40. The largest absolute Gasteiger partial charge is 0.303 e. The fraction of sp³-hybridized carbons (Fsp3) is 0.947. The Kier molecular flexibility index (Phi) is 5.51. The zero-order chi connectivity index (χ0) is 15.5. The summed E-state index contributed by atoms with van der Waals surface area (Å²) >= 11 is 0. The predicted molar refractivity (Wildman–Crippen MR) is 89.4 cm³/mol. The van der Waals surface area contributed by atoms with Crippen LogP contribution >= 0.6 is 0 Å². The summed E-state index contributed by atoms with van der Waals surface area (Å²) in [4.78, 5) is 14.4. The SMILES string of the molecule is CC1CCCC(C=O)(CN2CCCC(C(C)(C)C)CC2)C1. The molecule has 0 N–H and O–H groups in total. The van der Waals surface area contributed by atoms with Crippen molar-refractivity contribution in [1.82, 2.24) is 4.90 Å². The van der Waals surface area contributed by atoms with Gasteiger partial charge in [-0.1, -0.05) is 40.5 Å². The summed E-state index contributed by atoms with van der Waals surface area (Å²) in [6.45, 7) is 12.8. The van der Waals surface area contributed by atoms with Crippen LogP contribution in [-0.4, -0.2) is 30.8 Å². The van der Waals surface area contributed by atoms with Gasteiger partial charge < -0.3 is 9.69 Å². The van der Waals surface area contributed by atoms with Gasteiger partial charge in [0.1, 0.15) is 6.29 Å². The Morgan fingerprint density at radius 2 is 1.90 bits per heavy atom. The normalized spacial score (nSPS) is 36.2. The Balaban J connectivity index is 1.94. The van der Waals surface area contributed by atoms with E-state index in [9.17, 15) is 4.79 Å². The zero-order valence-electron chi connectivity index (χ0n) is 14.7. The summed E-state index contributed by atoms with van der Waals surface area (Å²) in [5.74, 6) is 1.55. The Morgan fingerprint density at radius 3 is 2.52 bits per heavy atom. The van der Waals surface area contributed by atoms with E-state index in [0.29, 0.717) is 5.41 Å². The monoisotopic (exact) mass is 293 g/mol. The van der Waals surface area contributed by atoms with Crippen molar-refractivity contribution in [3.63, 3.8) is 0 Å². The Hall–Kier alpha value is -0.370. The number of rotatable bonds is 3. The van der Waals surface area contributed by atoms with Gasteiger partial charge in [0.25, 0.3) is 0 Å². The molecule has 0 aromatic carbocycles. The molecule has 0 amide bonds. The van der Waals surface area contributed by atoms with E-state index in [2.05, 4.69) is 32.6 Å². The maximum atomic E-state index is 11.8. The van der Waals surface area contributed by atoms with Gasteiger partial charge in [-0.2, -0.15) is 0 Å². The van der Waals surface area contributed by atoms with E-state index < -0.39 is 0 Å². The first-order valence-electron chi connectivity index (χ1n) is 9.03. The lowest BCUT2D eigenvalue weighted by Crippen LogP contribution is -2.42. The minimum atomic E-state index is -0.0424. The molecule has 1 saturated carbocycles. The number of aldehydes is 1. The summed E-state index contributed by atoms with van der Waals surface area (Å²) in [6.07, 6.45) is 10.0. The Bertz CT molecular complexity index is 346. The van der Waals surface area contributed by atoms with E-state index in [1.807, 2.05) is 0 Å². The summed E-state index contributed by atoms with van der Waals surface area (Å²) < 4.78 is 0. The third kappa shape index (κ3) is 4.55. The van der Waals surface area contributed by atoms with Crippen LogP contribution in [-0.2, 0) is 4.79 Å². The third-order valence-electron chi connectivity index (χ3n) is 5.96. The van der Waals surface area contributed by atoms with E-state index in [1.54, 1.807) is 0 Å². The minimum Gasteiger partial charge on any atom is -0.303 e. The lowest BCUT2D eigenvalue weighted by molar-refractivity contribution is -0.120. The van der Waals surface area contributed by atoms with E-state index in [-0.39, 0.29) is 5.41 Å². The van der Waals surface area contributed by atoms with Gasteiger partial charge in [0.2, 0.25) is 0 Å². The Labute approximate surface area is 131 Å². The van der Waals surface area contributed by atoms with Crippen LogP contribution < -0.4 is 0 Å². The quantitative estimate of drug-likeness (QED) is 0.713. The molecule has 1 heterocycles. The molecule has 0 radical (unpaired) electrons. The van der Waals surface area contributed by atoms with Crippen LogP contribution in [0.5, 0.6) is 0 Å². The summed E-state index contributed by atoms with van der Waals surface area (Å²) in [7, 11) is 0. The van der Waals surface area contributed by atoms with Crippen LogP contribution in [0.15, 0.2) is 0 Å². The molecule has 2 fully saturated rings. The van der Waals surface area contributed by atoms with E-state index in [4.69, 9.17) is 0 Å². The number of carbonyl (C=O) groups excluding carboxylic acids is 1. The number of nitrogens with zero attached hydrogens (tertiary/aromatic N) is 1. The first-order chi connectivity index (χ1) is 9.85. The second-order valence-corrected chi connectivity index (χ2v) is 8.95. The smallest absolute Gasteiger partial charge is 0.127 e. The minimum absolute atomic E-state index is 0.0424. The van der Waals surface area contributed by atoms with Gasteiger partial charge in [-0.3, -0.25) is 0 Å². The maximum Gasteiger partial charge on any atom is 0.127 e. The van der Waals surface area contributed by atoms with Gasteiger partial charge in [0.15, 0.2) is 0 Å². The summed E-state index contributed by atoms with van der Waals surface area (Å²) in [5, 5.41) is 0. The second kappa shape index (κ2) is 6.81. The van der Waals surface area contributed by atoms with Crippen molar-refractivity contribution in [2.24, 2.45) is 22.7 Å². The van der Waals surface area contributed by atoms with Gasteiger partial charge in [-0.05, 0) is 62.4 Å². The molecule has 0 bridgehead atoms. The van der Waals surface area contributed by atoms with Crippen LogP contribution in [0.2, 0.25) is 0 Å². The van der Waals surface area contributed by atoms with Crippen molar-refractivity contribution < 1.29 is 4.79 Å². The number of hydrogen-bond donors (Lipinski definition) is 0. The molecule has 1 saturated heterocycles. The molecule has 0 aromatic heterocycles. The molecule has 21 heavy (non-hydrogen) atoms. The van der Waals surface area contributed by atoms with Crippen LogP contribution in [0.3, 0.4) is 0 Å². The van der Waals surface area contributed by atoms with Crippen molar-refractivity contribution in [2.45, 2.75) is 72.6 Å². The van der Waals surface area contributed by atoms with Crippen molar-refractivity contribution >= 4 is 6.29 Å². The summed E-state index contributed by atoms with van der Waals surface area (Å²) in [6, 6.07) is 0. The van der Waals surface area contributed by atoms with Crippen molar-refractivity contribution in [3.05, 3.63) is 0 Å². The van der Waals surface area contributed by atoms with Crippen molar-refractivity contribution in [3.8, 4) is 0 Å². The predicted octanol–water partition coefficient (Wildman–Crippen LogP) is 4.53.